The molecule has 6 nitrogen and oxygen atoms in total. The van der Waals surface area contributed by atoms with Crippen LogP contribution in [-0.4, -0.2) is 47.1 Å². The Bertz CT molecular complexity index is 1190. The number of hydrogen-bond acceptors (Lipinski definition) is 4. The van der Waals surface area contributed by atoms with Crippen LogP contribution in [0.5, 0.6) is 0 Å². The maximum Gasteiger partial charge on any atom is 0.415 e. The zero-order valence-electron chi connectivity index (χ0n) is 18.8. The van der Waals surface area contributed by atoms with Crippen LogP contribution < -0.4 is 4.90 Å². The van der Waals surface area contributed by atoms with Crippen LogP contribution in [0.25, 0.3) is 0 Å². The predicted molar refractivity (Wildman–Crippen MR) is 126 cm³/mol. The van der Waals surface area contributed by atoms with E-state index in [1.807, 2.05) is 47.4 Å². The zero-order valence-corrected chi connectivity index (χ0v) is 18.8. The van der Waals surface area contributed by atoms with E-state index in [1.54, 1.807) is 23.2 Å². The molecular formula is C27H26FN3O3. The van der Waals surface area contributed by atoms with Crippen LogP contribution >= 0.6 is 0 Å². The summed E-state index contributed by atoms with van der Waals surface area (Å²) in [6.07, 6.45) is 3.83. The number of benzene rings is 2. The molecular weight excluding hydrogens is 433 g/mol. The molecule has 0 bridgehead atoms. The lowest BCUT2D eigenvalue weighted by Gasteiger charge is -2.25. The van der Waals surface area contributed by atoms with Gasteiger partial charge in [0.1, 0.15) is 11.4 Å². The number of likely N-dealkylation sites (tertiary alicyclic amines) is 1. The van der Waals surface area contributed by atoms with Gasteiger partial charge < -0.3 is 9.64 Å². The fraction of sp³-hybridized carbons (Fsp3) is 0.296. The summed E-state index contributed by atoms with van der Waals surface area (Å²) in [4.78, 5) is 33.6. The molecule has 0 saturated carbocycles. The molecule has 2 amide bonds. The fourth-order valence-electron chi connectivity index (χ4n) is 4.76. The van der Waals surface area contributed by atoms with Gasteiger partial charge in [-0.25, -0.2) is 9.18 Å². The van der Waals surface area contributed by atoms with E-state index in [-0.39, 0.29) is 17.8 Å². The summed E-state index contributed by atoms with van der Waals surface area (Å²) in [6, 6.07) is 19.5. The first-order valence-corrected chi connectivity index (χ1v) is 11.6. The second-order valence-electron chi connectivity index (χ2n) is 8.96. The summed E-state index contributed by atoms with van der Waals surface area (Å²) in [5.74, 6) is -0.353. The van der Waals surface area contributed by atoms with E-state index in [0.717, 1.165) is 29.8 Å². The predicted octanol–water partition coefficient (Wildman–Crippen LogP) is 4.83. The standard InChI is InChI=1S/C27H26FN3O3/c28-22-7-4-6-20(16-22)17-23-11-10-21(18-29-23)25(32)30-14-5-12-27(13-15-30)19-31(26(33)34-27)24-8-2-1-3-9-24/h1-4,6-11,16,18H,5,12-15,17,19H2. The highest BCUT2D eigenvalue weighted by Crippen LogP contribution is 2.35. The normalized spacial score (nSPS) is 20.3. The first kappa shape index (κ1) is 22.1. The van der Waals surface area contributed by atoms with Crippen molar-refractivity contribution in [2.45, 2.75) is 31.3 Å². The van der Waals surface area contributed by atoms with Gasteiger partial charge in [-0.1, -0.05) is 30.3 Å². The van der Waals surface area contributed by atoms with Gasteiger partial charge in [0.2, 0.25) is 0 Å². The van der Waals surface area contributed by atoms with Crippen LogP contribution in [0.4, 0.5) is 14.9 Å². The molecule has 1 atom stereocenters. The third-order valence-corrected chi connectivity index (χ3v) is 6.57. The number of carbonyl (C=O) groups excluding carboxylic acids is 2. The molecule has 174 valence electrons. The van der Waals surface area contributed by atoms with E-state index in [2.05, 4.69) is 4.98 Å². The third-order valence-electron chi connectivity index (χ3n) is 6.57. The van der Waals surface area contributed by atoms with E-state index < -0.39 is 5.60 Å². The number of amides is 2. The Morgan fingerprint density at radius 1 is 1.03 bits per heavy atom. The minimum absolute atomic E-state index is 0.0777. The number of hydrogen-bond donors (Lipinski definition) is 0. The van der Waals surface area contributed by atoms with Crippen molar-refractivity contribution in [3.63, 3.8) is 0 Å². The summed E-state index contributed by atoms with van der Waals surface area (Å²) in [6.45, 7) is 1.61. The number of pyridine rings is 1. The Balaban J connectivity index is 1.23. The number of ether oxygens (including phenoxy) is 1. The Hall–Kier alpha value is -3.74. The second kappa shape index (κ2) is 9.25. The number of para-hydroxylation sites is 1. The van der Waals surface area contributed by atoms with Gasteiger partial charge in [0.15, 0.2) is 0 Å². The number of carbonyl (C=O) groups is 2. The van der Waals surface area contributed by atoms with Gasteiger partial charge in [-0.2, -0.15) is 0 Å². The molecule has 1 spiro atoms. The molecule has 1 unspecified atom stereocenters. The lowest BCUT2D eigenvalue weighted by Crippen LogP contribution is -2.37. The van der Waals surface area contributed by atoms with E-state index in [4.69, 9.17) is 4.74 Å². The highest BCUT2D eigenvalue weighted by Gasteiger charge is 2.46. The number of rotatable bonds is 4. The van der Waals surface area contributed by atoms with Crippen molar-refractivity contribution in [1.82, 2.24) is 9.88 Å². The summed E-state index contributed by atoms with van der Waals surface area (Å²) in [5.41, 5.74) is 2.38. The molecule has 34 heavy (non-hydrogen) atoms. The fourth-order valence-corrected chi connectivity index (χ4v) is 4.76. The van der Waals surface area contributed by atoms with Crippen LogP contribution in [0.3, 0.4) is 0 Å². The van der Waals surface area contributed by atoms with Crippen molar-refractivity contribution in [2.24, 2.45) is 0 Å². The van der Waals surface area contributed by atoms with Crippen LogP contribution in [0.2, 0.25) is 0 Å². The first-order chi connectivity index (χ1) is 16.5. The van der Waals surface area contributed by atoms with Crippen LogP contribution in [0, 0.1) is 5.82 Å². The van der Waals surface area contributed by atoms with Gasteiger partial charge in [-0.15, -0.1) is 0 Å². The number of anilines is 1. The van der Waals surface area contributed by atoms with Gasteiger partial charge in [-0.05, 0) is 54.8 Å². The summed E-state index contributed by atoms with van der Waals surface area (Å²) < 4.78 is 19.3. The molecule has 2 aromatic carbocycles. The summed E-state index contributed by atoms with van der Waals surface area (Å²) >= 11 is 0. The van der Waals surface area contributed by atoms with Gasteiger partial charge in [0.25, 0.3) is 5.91 Å². The molecule has 5 rings (SSSR count). The highest BCUT2D eigenvalue weighted by molar-refractivity contribution is 5.94. The van der Waals surface area contributed by atoms with Crippen molar-refractivity contribution >= 4 is 17.7 Å². The second-order valence-corrected chi connectivity index (χ2v) is 8.96. The average Bonchev–Trinajstić information content (AvgIpc) is 3.03. The van der Waals surface area contributed by atoms with Gasteiger partial charge >= 0.3 is 6.09 Å². The van der Waals surface area contributed by atoms with Gasteiger partial charge in [-0.3, -0.25) is 14.7 Å². The molecule has 2 aliphatic heterocycles. The molecule has 2 fully saturated rings. The molecule has 3 aromatic rings. The average molecular weight is 460 g/mol. The Kier molecular flexibility index (Phi) is 6.01. The quantitative estimate of drug-likeness (QED) is 0.561. The molecule has 7 heteroatoms. The number of aromatic nitrogens is 1. The van der Waals surface area contributed by atoms with E-state index >= 15 is 0 Å². The van der Waals surface area contributed by atoms with Crippen molar-refractivity contribution in [3.05, 3.63) is 95.6 Å². The first-order valence-electron chi connectivity index (χ1n) is 11.6. The van der Waals surface area contributed by atoms with Crippen molar-refractivity contribution in [1.29, 1.82) is 0 Å². The van der Waals surface area contributed by atoms with E-state index in [1.165, 1.54) is 12.1 Å². The Labute approximate surface area is 198 Å². The molecule has 2 aliphatic rings. The molecule has 1 aromatic heterocycles. The smallest absolute Gasteiger partial charge is 0.415 e. The van der Waals surface area contributed by atoms with E-state index in [9.17, 15) is 14.0 Å². The van der Waals surface area contributed by atoms with Gasteiger partial charge in [0.05, 0.1) is 12.1 Å². The minimum Gasteiger partial charge on any atom is -0.441 e. The number of halogens is 1. The Morgan fingerprint density at radius 2 is 1.88 bits per heavy atom. The summed E-state index contributed by atoms with van der Waals surface area (Å²) in [7, 11) is 0. The monoisotopic (exact) mass is 459 g/mol. The molecule has 3 heterocycles. The van der Waals surface area contributed by atoms with Crippen LogP contribution in [0.15, 0.2) is 72.9 Å². The molecule has 2 saturated heterocycles. The Morgan fingerprint density at radius 3 is 2.65 bits per heavy atom. The molecule has 0 aliphatic carbocycles. The lowest BCUT2D eigenvalue weighted by molar-refractivity contribution is 0.0438. The van der Waals surface area contributed by atoms with Gasteiger partial charge in [0, 0.05) is 43.5 Å². The lowest BCUT2D eigenvalue weighted by atomic mass is 9.95. The maximum atomic E-state index is 13.4. The van der Waals surface area contributed by atoms with Crippen molar-refractivity contribution in [3.8, 4) is 0 Å². The largest absolute Gasteiger partial charge is 0.441 e. The molecule has 0 N–H and O–H groups in total. The zero-order chi connectivity index (χ0) is 23.5. The van der Waals surface area contributed by atoms with Crippen LogP contribution in [0.1, 0.15) is 40.9 Å². The van der Waals surface area contributed by atoms with Crippen LogP contribution in [-0.2, 0) is 11.2 Å². The third kappa shape index (κ3) is 4.64. The van der Waals surface area contributed by atoms with Crippen molar-refractivity contribution in [2.75, 3.05) is 24.5 Å². The highest BCUT2D eigenvalue weighted by atomic mass is 19.1. The summed E-state index contributed by atoms with van der Waals surface area (Å²) in [5, 5.41) is 0. The van der Waals surface area contributed by atoms with Crippen molar-refractivity contribution < 1.29 is 18.7 Å². The molecule has 0 radical (unpaired) electrons. The SMILES string of the molecule is O=C(c1ccc(Cc2cccc(F)c2)nc1)N1CCCC2(CC1)CN(c1ccccc1)C(=O)O2. The minimum atomic E-state index is -0.574. The topological polar surface area (TPSA) is 62.7 Å². The maximum absolute atomic E-state index is 13.4. The number of nitrogens with zero attached hydrogens (tertiary/aromatic N) is 3. The van der Waals surface area contributed by atoms with E-state index in [0.29, 0.717) is 38.0 Å².